The normalized spacial score (nSPS) is 10.7. The molecule has 2 aromatic carbocycles. The first-order chi connectivity index (χ1) is 11.4. The number of rotatable bonds is 6. The van der Waals surface area contributed by atoms with Gasteiger partial charge in [0.15, 0.2) is 0 Å². The Labute approximate surface area is 139 Å². The number of amides is 1. The molecule has 0 spiro atoms. The van der Waals surface area contributed by atoms with Gasteiger partial charge in [-0.15, -0.1) is 0 Å². The van der Waals surface area contributed by atoms with Gasteiger partial charge in [0.1, 0.15) is 0 Å². The zero-order valence-electron chi connectivity index (χ0n) is 13.5. The highest BCUT2D eigenvalue weighted by Gasteiger charge is 2.17. The largest absolute Gasteiger partial charge is 0.348 e. The maximum Gasteiger partial charge on any atom is 0.305 e. The smallest absolute Gasteiger partial charge is 0.305 e. The van der Waals surface area contributed by atoms with Gasteiger partial charge in [-0.1, -0.05) is 24.3 Å². The number of hydrogen-bond acceptors (Lipinski definition) is 4. The molecule has 0 aliphatic rings. The van der Waals surface area contributed by atoms with E-state index in [0.29, 0.717) is 0 Å². The molecule has 2 rings (SSSR count). The topological polar surface area (TPSA) is 75.5 Å². The van der Waals surface area contributed by atoms with Crippen molar-refractivity contribution in [1.82, 2.24) is 10.2 Å². The number of benzene rings is 2. The number of halogens is 1. The highest BCUT2D eigenvalue weighted by molar-refractivity contribution is 5.94. The Morgan fingerprint density at radius 2 is 1.79 bits per heavy atom. The van der Waals surface area contributed by atoms with E-state index in [1.165, 1.54) is 6.07 Å². The number of hydrogen-bond donors (Lipinski definition) is 1. The zero-order chi connectivity index (χ0) is 17.7. The molecule has 0 radical (unpaired) electrons. The maximum absolute atomic E-state index is 13.3. The number of nitrogens with one attached hydrogen (secondary N) is 1. The molecule has 24 heavy (non-hydrogen) atoms. The summed E-state index contributed by atoms with van der Waals surface area (Å²) in [4.78, 5) is 24.0. The Bertz CT molecular complexity index is 745. The van der Waals surface area contributed by atoms with Gasteiger partial charge >= 0.3 is 5.69 Å². The predicted molar refractivity (Wildman–Crippen MR) is 88.1 cm³/mol. The van der Waals surface area contributed by atoms with Gasteiger partial charge < -0.3 is 10.2 Å². The Kier molecular flexibility index (Phi) is 5.59. The van der Waals surface area contributed by atoms with E-state index in [9.17, 15) is 19.3 Å². The third kappa shape index (κ3) is 4.60. The van der Waals surface area contributed by atoms with Gasteiger partial charge in [-0.3, -0.25) is 14.9 Å². The van der Waals surface area contributed by atoms with Crippen LogP contribution in [0.5, 0.6) is 0 Å². The number of nitro benzene ring substituents is 1. The van der Waals surface area contributed by atoms with E-state index >= 15 is 0 Å². The van der Waals surface area contributed by atoms with Crippen molar-refractivity contribution in [2.24, 2.45) is 0 Å². The second-order valence-corrected chi connectivity index (χ2v) is 5.66. The van der Waals surface area contributed by atoms with Crippen molar-refractivity contribution in [2.75, 3.05) is 14.1 Å². The molecule has 7 heteroatoms. The first kappa shape index (κ1) is 17.6. The summed E-state index contributed by atoms with van der Waals surface area (Å²) in [6.45, 7) is 1.11. The molecule has 1 amide bonds. The lowest BCUT2D eigenvalue weighted by Crippen LogP contribution is -2.23. The fraction of sp³-hybridized carbons (Fsp3) is 0.235. The number of nitro groups is 1. The summed E-state index contributed by atoms with van der Waals surface area (Å²) in [5, 5.41) is 13.4. The fourth-order valence-electron chi connectivity index (χ4n) is 2.21. The van der Waals surface area contributed by atoms with Crippen LogP contribution in [0, 0.1) is 15.9 Å². The van der Waals surface area contributed by atoms with Crippen molar-refractivity contribution in [3.8, 4) is 0 Å². The Hall–Kier alpha value is -2.80. The van der Waals surface area contributed by atoms with Gasteiger partial charge in [0.2, 0.25) is 5.82 Å². The first-order valence-electron chi connectivity index (χ1n) is 7.31. The molecule has 0 fully saturated rings. The van der Waals surface area contributed by atoms with E-state index in [1.54, 1.807) is 0 Å². The van der Waals surface area contributed by atoms with E-state index in [0.717, 1.165) is 29.8 Å². The summed E-state index contributed by atoms with van der Waals surface area (Å²) >= 11 is 0. The van der Waals surface area contributed by atoms with Gasteiger partial charge in [-0.2, -0.15) is 4.39 Å². The molecule has 6 nitrogen and oxygen atoms in total. The molecule has 0 saturated carbocycles. The predicted octanol–water partition coefficient (Wildman–Crippen LogP) is 2.73. The van der Waals surface area contributed by atoms with Crippen LogP contribution in [-0.4, -0.2) is 29.8 Å². The molecule has 126 valence electrons. The lowest BCUT2D eigenvalue weighted by Gasteiger charge is -2.10. The van der Waals surface area contributed by atoms with Crippen molar-refractivity contribution in [3.63, 3.8) is 0 Å². The lowest BCUT2D eigenvalue weighted by atomic mass is 10.1. The lowest BCUT2D eigenvalue weighted by molar-refractivity contribution is -0.387. The van der Waals surface area contributed by atoms with Crippen LogP contribution in [0.2, 0.25) is 0 Å². The molecule has 2 aromatic rings. The average Bonchev–Trinajstić information content (AvgIpc) is 2.53. The number of carbonyl (C=O) groups excluding carboxylic acids is 1. The molecule has 0 unspecified atom stereocenters. The van der Waals surface area contributed by atoms with E-state index in [-0.39, 0.29) is 12.1 Å². The summed E-state index contributed by atoms with van der Waals surface area (Å²) in [6, 6.07) is 10.8. The summed E-state index contributed by atoms with van der Waals surface area (Å²) in [5.74, 6) is -1.46. The van der Waals surface area contributed by atoms with Gasteiger partial charge in [0.05, 0.1) is 4.92 Å². The van der Waals surface area contributed by atoms with Crippen LogP contribution in [0.25, 0.3) is 0 Å². The number of nitrogens with zero attached hydrogens (tertiary/aromatic N) is 2. The van der Waals surface area contributed by atoms with Gasteiger partial charge in [-0.25, -0.2) is 0 Å². The van der Waals surface area contributed by atoms with E-state index in [1.807, 2.05) is 38.4 Å². The van der Waals surface area contributed by atoms with Crippen molar-refractivity contribution in [2.45, 2.75) is 13.1 Å². The zero-order valence-corrected chi connectivity index (χ0v) is 13.5. The van der Waals surface area contributed by atoms with Crippen molar-refractivity contribution in [3.05, 3.63) is 75.1 Å². The van der Waals surface area contributed by atoms with Crippen LogP contribution >= 0.6 is 0 Å². The highest BCUT2D eigenvalue weighted by atomic mass is 19.1. The molecule has 1 N–H and O–H groups in total. The minimum atomic E-state index is -0.965. The summed E-state index contributed by atoms with van der Waals surface area (Å²) < 4.78 is 13.3. The molecule has 0 aliphatic carbocycles. The van der Waals surface area contributed by atoms with E-state index in [4.69, 9.17) is 0 Å². The molecule has 0 aliphatic heterocycles. The quantitative estimate of drug-likeness (QED) is 0.652. The Morgan fingerprint density at radius 1 is 1.17 bits per heavy atom. The fourth-order valence-corrected chi connectivity index (χ4v) is 2.21. The first-order valence-corrected chi connectivity index (χ1v) is 7.31. The Morgan fingerprint density at radius 3 is 2.38 bits per heavy atom. The number of carbonyl (C=O) groups is 1. The highest BCUT2D eigenvalue weighted by Crippen LogP contribution is 2.18. The second-order valence-electron chi connectivity index (χ2n) is 5.66. The summed E-state index contributed by atoms with van der Waals surface area (Å²) in [6.07, 6.45) is 0. The van der Waals surface area contributed by atoms with Crippen molar-refractivity contribution >= 4 is 11.6 Å². The van der Waals surface area contributed by atoms with Crippen molar-refractivity contribution in [1.29, 1.82) is 0 Å². The molecular weight excluding hydrogens is 313 g/mol. The minimum Gasteiger partial charge on any atom is -0.348 e. The van der Waals surface area contributed by atoms with Crippen molar-refractivity contribution < 1.29 is 14.1 Å². The van der Waals surface area contributed by atoms with Crippen LogP contribution in [0.4, 0.5) is 10.1 Å². The third-order valence-corrected chi connectivity index (χ3v) is 3.38. The monoisotopic (exact) mass is 331 g/mol. The molecule has 0 heterocycles. The second kappa shape index (κ2) is 7.65. The van der Waals surface area contributed by atoms with Crippen LogP contribution < -0.4 is 5.32 Å². The van der Waals surface area contributed by atoms with Crippen LogP contribution in [-0.2, 0) is 13.1 Å². The van der Waals surface area contributed by atoms with Crippen LogP contribution in [0.1, 0.15) is 21.5 Å². The van der Waals surface area contributed by atoms with Crippen LogP contribution in [0.3, 0.4) is 0 Å². The minimum absolute atomic E-state index is 0.0485. The van der Waals surface area contributed by atoms with Gasteiger partial charge in [-0.05, 0) is 37.4 Å². The average molecular weight is 331 g/mol. The molecule has 0 atom stereocenters. The summed E-state index contributed by atoms with van der Waals surface area (Å²) in [5.41, 5.74) is 1.40. The SMILES string of the molecule is CN(C)Cc1ccc(CNC(=O)c2ccc(F)c([N+](=O)[O-])c2)cc1. The molecular formula is C17H18FN3O3. The Balaban J connectivity index is 2.00. The maximum atomic E-state index is 13.3. The molecule has 0 aromatic heterocycles. The molecule has 0 saturated heterocycles. The van der Waals surface area contributed by atoms with Crippen LogP contribution in [0.15, 0.2) is 42.5 Å². The van der Waals surface area contributed by atoms with E-state index in [2.05, 4.69) is 10.2 Å². The summed E-state index contributed by atoms with van der Waals surface area (Å²) in [7, 11) is 3.96. The standard InChI is InChI=1S/C17H18FN3O3/c1-20(2)11-13-5-3-12(4-6-13)10-19-17(22)14-7-8-15(18)16(9-14)21(23)24/h3-9H,10-11H2,1-2H3,(H,19,22). The van der Waals surface area contributed by atoms with Gasteiger partial charge in [0.25, 0.3) is 5.91 Å². The molecule has 0 bridgehead atoms. The van der Waals surface area contributed by atoms with E-state index < -0.39 is 22.3 Å². The third-order valence-electron chi connectivity index (χ3n) is 3.38. The van der Waals surface area contributed by atoms with Gasteiger partial charge in [0, 0.05) is 24.7 Å².